The zero-order valence-electron chi connectivity index (χ0n) is 16.3. The molecule has 2 heterocycles. The molecule has 1 aliphatic heterocycles. The first kappa shape index (κ1) is 19.9. The summed E-state index contributed by atoms with van der Waals surface area (Å²) in [5.41, 5.74) is 0.629. The minimum absolute atomic E-state index is 0.0237. The van der Waals surface area contributed by atoms with Crippen molar-refractivity contribution in [1.82, 2.24) is 14.5 Å². The Morgan fingerprint density at radius 1 is 1.30 bits per heavy atom. The molecule has 146 valence electrons. The third-order valence-corrected chi connectivity index (χ3v) is 5.84. The Kier molecular flexibility index (Phi) is 6.22. The molecule has 3 atom stereocenters. The molecule has 2 aromatic rings. The van der Waals surface area contributed by atoms with Crippen LogP contribution in [0.25, 0.3) is 10.9 Å². The summed E-state index contributed by atoms with van der Waals surface area (Å²) < 4.78 is 7.43. The van der Waals surface area contributed by atoms with Crippen LogP contribution in [0.5, 0.6) is 0 Å². The summed E-state index contributed by atoms with van der Waals surface area (Å²) in [7, 11) is 0. The minimum Gasteiger partial charge on any atom is -0.372 e. The molecule has 0 bridgehead atoms. The van der Waals surface area contributed by atoms with Crippen molar-refractivity contribution in [2.75, 3.05) is 18.8 Å². The summed E-state index contributed by atoms with van der Waals surface area (Å²) in [6.45, 7) is 9.22. The summed E-state index contributed by atoms with van der Waals surface area (Å²) >= 11 is 1.34. The van der Waals surface area contributed by atoms with Crippen LogP contribution in [0.2, 0.25) is 0 Å². The molecular formula is C20H27N3O3S. The standard InChI is InChI=1S/C20H27N3O3S/c1-5-13(2)23-19(25)16-8-6-7-9-17(16)21-20(23)27-12-18(24)22-10-14(3)26-15(4)11-22/h6-9,13-15H,5,10-12H2,1-4H3/t13-,14+,15+/m0/s1. The van der Waals surface area contributed by atoms with Gasteiger partial charge in [0.25, 0.3) is 5.56 Å². The Morgan fingerprint density at radius 2 is 1.96 bits per heavy atom. The topological polar surface area (TPSA) is 64.4 Å². The van der Waals surface area contributed by atoms with E-state index in [0.717, 1.165) is 6.42 Å². The Labute approximate surface area is 163 Å². The molecule has 3 rings (SSSR count). The van der Waals surface area contributed by atoms with Gasteiger partial charge in [0.1, 0.15) is 0 Å². The third kappa shape index (κ3) is 4.35. The van der Waals surface area contributed by atoms with Crippen LogP contribution in [-0.4, -0.2) is 51.4 Å². The van der Waals surface area contributed by atoms with Gasteiger partial charge in [-0.15, -0.1) is 0 Å². The van der Waals surface area contributed by atoms with Gasteiger partial charge in [-0.05, 0) is 39.3 Å². The molecule has 1 aliphatic rings. The van der Waals surface area contributed by atoms with Crippen molar-refractivity contribution in [2.24, 2.45) is 0 Å². The average molecular weight is 390 g/mol. The lowest BCUT2D eigenvalue weighted by molar-refractivity contribution is -0.140. The van der Waals surface area contributed by atoms with Crippen molar-refractivity contribution in [1.29, 1.82) is 0 Å². The molecule has 1 aromatic carbocycles. The smallest absolute Gasteiger partial charge is 0.262 e. The van der Waals surface area contributed by atoms with Crippen LogP contribution in [-0.2, 0) is 9.53 Å². The Bertz CT molecular complexity index is 872. The third-order valence-electron chi connectivity index (χ3n) is 4.90. The van der Waals surface area contributed by atoms with Gasteiger partial charge in [-0.3, -0.25) is 14.2 Å². The van der Waals surface area contributed by atoms with Crippen LogP contribution in [0.4, 0.5) is 0 Å². The zero-order valence-corrected chi connectivity index (χ0v) is 17.2. The first-order valence-electron chi connectivity index (χ1n) is 9.48. The van der Waals surface area contributed by atoms with Crippen molar-refractivity contribution < 1.29 is 9.53 Å². The Balaban J connectivity index is 1.85. The normalized spacial score (nSPS) is 21.4. The van der Waals surface area contributed by atoms with E-state index in [1.807, 2.05) is 50.8 Å². The Hall–Kier alpha value is -1.86. The summed E-state index contributed by atoms with van der Waals surface area (Å²) in [5.74, 6) is 0.320. The number of fused-ring (bicyclic) bond motifs is 1. The van der Waals surface area contributed by atoms with Crippen LogP contribution in [0.3, 0.4) is 0 Å². The van der Waals surface area contributed by atoms with Gasteiger partial charge in [0.2, 0.25) is 5.91 Å². The number of aromatic nitrogens is 2. The SMILES string of the molecule is CC[C@H](C)n1c(SCC(=O)N2C[C@@H](C)O[C@H](C)C2)nc2ccccc2c1=O. The van der Waals surface area contributed by atoms with E-state index in [9.17, 15) is 9.59 Å². The highest BCUT2D eigenvalue weighted by Crippen LogP contribution is 2.23. The van der Waals surface area contributed by atoms with Gasteiger partial charge in [0.05, 0.1) is 28.9 Å². The highest BCUT2D eigenvalue weighted by molar-refractivity contribution is 7.99. The molecule has 7 heteroatoms. The molecule has 0 unspecified atom stereocenters. The molecule has 1 fully saturated rings. The maximum atomic E-state index is 13.0. The molecule has 1 amide bonds. The fourth-order valence-corrected chi connectivity index (χ4v) is 4.40. The molecular weight excluding hydrogens is 362 g/mol. The molecule has 0 radical (unpaired) electrons. The summed E-state index contributed by atoms with van der Waals surface area (Å²) in [4.78, 5) is 32.2. The fraction of sp³-hybridized carbons (Fsp3) is 0.550. The van der Waals surface area contributed by atoms with Crippen LogP contribution in [0, 0.1) is 0 Å². The van der Waals surface area contributed by atoms with Crippen LogP contribution >= 0.6 is 11.8 Å². The minimum atomic E-state index is -0.0430. The number of hydrogen-bond donors (Lipinski definition) is 0. The highest BCUT2D eigenvalue weighted by Gasteiger charge is 2.26. The van der Waals surface area contributed by atoms with E-state index in [0.29, 0.717) is 29.1 Å². The number of ether oxygens (including phenoxy) is 1. The maximum absolute atomic E-state index is 13.0. The number of para-hydroxylation sites is 1. The molecule has 27 heavy (non-hydrogen) atoms. The largest absolute Gasteiger partial charge is 0.372 e. The van der Waals surface area contributed by atoms with Gasteiger partial charge >= 0.3 is 0 Å². The van der Waals surface area contributed by atoms with Crippen molar-refractivity contribution in [3.05, 3.63) is 34.6 Å². The van der Waals surface area contributed by atoms with Crippen LogP contribution in [0.1, 0.15) is 40.2 Å². The quantitative estimate of drug-likeness (QED) is 0.581. The number of thioether (sulfide) groups is 1. The molecule has 0 aliphatic carbocycles. The molecule has 0 saturated carbocycles. The van der Waals surface area contributed by atoms with Gasteiger partial charge in [-0.1, -0.05) is 30.8 Å². The first-order chi connectivity index (χ1) is 12.9. The summed E-state index contributed by atoms with van der Waals surface area (Å²) in [6.07, 6.45) is 0.902. The van der Waals surface area contributed by atoms with Crippen molar-refractivity contribution >= 4 is 28.6 Å². The number of carbonyl (C=O) groups is 1. The zero-order chi connectivity index (χ0) is 19.6. The van der Waals surface area contributed by atoms with Gasteiger partial charge in [0, 0.05) is 19.1 Å². The number of rotatable bonds is 5. The number of hydrogen-bond acceptors (Lipinski definition) is 5. The lowest BCUT2D eigenvalue weighted by atomic mass is 10.2. The van der Waals surface area contributed by atoms with E-state index < -0.39 is 0 Å². The second-order valence-corrected chi connectivity index (χ2v) is 8.13. The van der Waals surface area contributed by atoms with Gasteiger partial charge in [-0.2, -0.15) is 0 Å². The number of amides is 1. The van der Waals surface area contributed by atoms with Crippen molar-refractivity contribution in [2.45, 2.75) is 57.5 Å². The molecule has 0 N–H and O–H groups in total. The van der Waals surface area contributed by atoms with E-state index in [1.54, 1.807) is 10.6 Å². The van der Waals surface area contributed by atoms with Gasteiger partial charge in [-0.25, -0.2) is 4.98 Å². The Morgan fingerprint density at radius 3 is 2.63 bits per heavy atom. The van der Waals surface area contributed by atoms with E-state index in [-0.39, 0.29) is 35.5 Å². The lowest BCUT2D eigenvalue weighted by Gasteiger charge is -2.35. The second-order valence-electron chi connectivity index (χ2n) is 7.19. The molecule has 1 saturated heterocycles. The average Bonchev–Trinajstić information content (AvgIpc) is 2.65. The maximum Gasteiger partial charge on any atom is 0.262 e. The summed E-state index contributed by atoms with van der Waals surface area (Å²) in [5, 5.41) is 1.22. The summed E-state index contributed by atoms with van der Waals surface area (Å²) in [6, 6.07) is 7.40. The molecule has 1 aromatic heterocycles. The highest BCUT2D eigenvalue weighted by atomic mass is 32.2. The van der Waals surface area contributed by atoms with Crippen LogP contribution < -0.4 is 5.56 Å². The lowest BCUT2D eigenvalue weighted by Crippen LogP contribution is -2.48. The van der Waals surface area contributed by atoms with Crippen molar-refractivity contribution in [3.8, 4) is 0 Å². The van der Waals surface area contributed by atoms with E-state index in [1.165, 1.54) is 11.8 Å². The number of morpholine rings is 1. The number of nitrogens with zero attached hydrogens (tertiary/aromatic N) is 3. The number of carbonyl (C=O) groups excluding carboxylic acids is 1. The first-order valence-corrected chi connectivity index (χ1v) is 10.5. The van der Waals surface area contributed by atoms with E-state index in [2.05, 4.69) is 4.98 Å². The predicted molar refractivity (Wildman–Crippen MR) is 108 cm³/mol. The van der Waals surface area contributed by atoms with Gasteiger partial charge in [0.15, 0.2) is 5.16 Å². The van der Waals surface area contributed by atoms with Gasteiger partial charge < -0.3 is 9.64 Å². The fourth-order valence-electron chi connectivity index (χ4n) is 3.40. The number of benzene rings is 1. The molecule has 0 spiro atoms. The van der Waals surface area contributed by atoms with E-state index in [4.69, 9.17) is 4.74 Å². The van der Waals surface area contributed by atoms with E-state index >= 15 is 0 Å². The van der Waals surface area contributed by atoms with Crippen LogP contribution in [0.15, 0.2) is 34.2 Å². The molecule has 6 nitrogen and oxygen atoms in total. The monoisotopic (exact) mass is 389 g/mol. The predicted octanol–water partition coefficient (Wildman–Crippen LogP) is 3.10. The second kappa shape index (κ2) is 8.44. The van der Waals surface area contributed by atoms with Crippen molar-refractivity contribution in [3.63, 3.8) is 0 Å².